The van der Waals surface area contributed by atoms with Crippen molar-refractivity contribution in [2.75, 3.05) is 37.9 Å². The van der Waals surface area contributed by atoms with Crippen molar-refractivity contribution >= 4 is 27.6 Å². The molecule has 0 saturated carbocycles. The highest BCUT2D eigenvalue weighted by molar-refractivity contribution is 7.90. The molecule has 1 aliphatic heterocycles. The molecule has 1 aliphatic rings. The summed E-state index contributed by atoms with van der Waals surface area (Å²) in [6.07, 6.45) is 0.667. The minimum absolute atomic E-state index is 0.00393. The zero-order valence-electron chi connectivity index (χ0n) is 19.6. The number of methoxy groups -OCH3 is 1. The Bertz CT molecular complexity index is 1130. The molecule has 33 heavy (non-hydrogen) atoms. The van der Waals surface area contributed by atoms with E-state index in [0.717, 1.165) is 11.8 Å². The lowest BCUT2D eigenvalue weighted by molar-refractivity contribution is 0.0137. The molecule has 1 fully saturated rings. The van der Waals surface area contributed by atoms with E-state index in [4.69, 9.17) is 9.47 Å². The minimum atomic E-state index is -3.67. The Labute approximate surface area is 195 Å². The number of anilines is 1. The van der Waals surface area contributed by atoms with Gasteiger partial charge in [0.15, 0.2) is 9.84 Å². The number of hydrogen-bond donors (Lipinski definition) is 0. The second-order valence-electron chi connectivity index (χ2n) is 8.99. The van der Waals surface area contributed by atoms with Crippen LogP contribution in [0, 0.1) is 0 Å². The second-order valence-corrected chi connectivity index (χ2v) is 11.0. The highest BCUT2D eigenvalue weighted by Gasteiger charge is 2.35. The molecule has 3 rings (SSSR count). The van der Waals surface area contributed by atoms with E-state index in [1.165, 1.54) is 19.2 Å². The highest BCUT2D eigenvalue weighted by Crippen LogP contribution is 2.32. The van der Waals surface area contributed by atoms with E-state index in [0.29, 0.717) is 25.3 Å². The van der Waals surface area contributed by atoms with Crippen molar-refractivity contribution < 1.29 is 27.5 Å². The molecular weight excluding hydrogens is 444 g/mol. The Morgan fingerprint density at radius 3 is 2.27 bits per heavy atom. The molecular formula is C24H30N2O6S. The third-order valence-corrected chi connectivity index (χ3v) is 6.46. The van der Waals surface area contributed by atoms with Crippen LogP contribution in [0.2, 0.25) is 0 Å². The molecule has 0 aromatic heterocycles. The van der Waals surface area contributed by atoms with Gasteiger partial charge in [0.25, 0.3) is 0 Å². The van der Waals surface area contributed by atoms with Crippen LogP contribution < -0.4 is 4.90 Å². The molecule has 178 valence electrons. The first-order valence-electron chi connectivity index (χ1n) is 10.6. The van der Waals surface area contributed by atoms with Crippen molar-refractivity contribution in [3.05, 3.63) is 59.7 Å². The first-order valence-corrected chi connectivity index (χ1v) is 12.5. The van der Waals surface area contributed by atoms with Gasteiger partial charge in [0, 0.05) is 31.6 Å². The van der Waals surface area contributed by atoms with Crippen LogP contribution in [0.5, 0.6) is 0 Å². The molecule has 0 N–H and O–H groups in total. The Morgan fingerprint density at radius 2 is 1.70 bits per heavy atom. The van der Waals surface area contributed by atoms with Crippen molar-refractivity contribution in [3.63, 3.8) is 0 Å². The number of hydrogen-bond acceptors (Lipinski definition) is 7. The lowest BCUT2D eigenvalue weighted by Crippen LogP contribution is -2.52. The van der Waals surface area contributed by atoms with Gasteiger partial charge in [-0.05, 0) is 44.5 Å². The summed E-state index contributed by atoms with van der Waals surface area (Å²) in [4.78, 5) is 28.6. The molecule has 0 unspecified atom stereocenters. The Kier molecular flexibility index (Phi) is 7.02. The lowest BCUT2D eigenvalue weighted by atomic mass is 10.0. The van der Waals surface area contributed by atoms with Crippen molar-refractivity contribution in [2.24, 2.45) is 0 Å². The number of ether oxygens (including phenoxy) is 2. The van der Waals surface area contributed by atoms with Gasteiger partial charge < -0.3 is 14.4 Å². The summed E-state index contributed by atoms with van der Waals surface area (Å²) in [6, 6.07) is 14.0. The number of carbonyl (C=O) groups is 2. The molecule has 0 spiro atoms. The fourth-order valence-corrected chi connectivity index (χ4v) is 4.70. The van der Waals surface area contributed by atoms with E-state index in [1.807, 2.05) is 56.0 Å². The molecule has 8 nitrogen and oxygen atoms in total. The minimum Gasteiger partial charge on any atom is -0.465 e. The lowest BCUT2D eigenvalue weighted by Gasteiger charge is -2.43. The molecule has 9 heteroatoms. The summed E-state index contributed by atoms with van der Waals surface area (Å²) in [5, 5.41) is 0. The van der Waals surface area contributed by atoms with Gasteiger partial charge in [0.05, 0.1) is 23.6 Å². The molecule has 0 bridgehead atoms. The SMILES string of the molecule is COC(=O)c1ccc(N2CCN(C(=O)OC(C)(C)C)[C@@H](c3ccccc3)C2)cc1S(C)(=O)=O. The van der Waals surface area contributed by atoms with Gasteiger partial charge in [0.2, 0.25) is 0 Å². The van der Waals surface area contributed by atoms with E-state index in [1.54, 1.807) is 11.0 Å². The molecule has 2 aromatic carbocycles. The average molecular weight is 475 g/mol. The Hall–Kier alpha value is -3.07. The number of sulfone groups is 1. The number of benzene rings is 2. The van der Waals surface area contributed by atoms with Crippen LogP contribution in [0.1, 0.15) is 42.7 Å². The zero-order valence-corrected chi connectivity index (χ0v) is 20.4. The number of carbonyl (C=O) groups excluding carboxylic acids is 2. The zero-order chi connectivity index (χ0) is 24.4. The van der Waals surface area contributed by atoms with E-state index in [9.17, 15) is 18.0 Å². The maximum absolute atomic E-state index is 12.9. The van der Waals surface area contributed by atoms with Crippen LogP contribution in [-0.2, 0) is 19.3 Å². The first kappa shape index (κ1) is 24.6. The number of nitrogens with zero attached hydrogens (tertiary/aromatic N) is 2. The summed E-state index contributed by atoms with van der Waals surface area (Å²) in [5.41, 5.74) is 0.968. The van der Waals surface area contributed by atoms with Crippen molar-refractivity contribution in [3.8, 4) is 0 Å². The maximum Gasteiger partial charge on any atom is 0.410 e. The van der Waals surface area contributed by atoms with Crippen LogP contribution in [0.3, 0.4) is 0 Å². The van der Waals surface area contributed by atoms with Crippen LogP contribution in [-0.4, -0.2) is 64.0 Å². The molecule has 1 saturated heterocycles. The van der Waals surface area contributed by atoms with Gasteiger partial charge >= 0.3 is 12.1 Å². The topological polar surface area (TPSA) is 93.2 Å². The third kappa shape index (κ3) is 5.84. The first-order chi connectivity index (χ1) is 15.4. The predicted molar refractivity (Wildman–Crippen MR) is 125 cm³/mol. The smallest absolute Gasteiger partial charge is 0.410 e. The average Bonchev–Trinajstić information content (AvgIpc) is 2.76. The monoisotopic (exact) mass is 474 g/mol. The molecule has 1 amide bonds. The van der Waals surface area contributed by atoms with Crippen molar-refractivity contribution in [1.82, 2.24) is 4.90 Å². The molecule has 1 heterocycles. The van der Waals surface area contributed by atoms with E-state index < -0.39 is 27.5 Å². The van der Waals surface area contributed by atoms with E-state index in [-0.39, 0.29) is 16.5 Å². The Balaban J connectivity index is 1.97. The van der Waals surface area contributed by atoms with Crippen molar-refractivity contribution in [2.45, 2.75) is 37.3 Å². The van der Waals surface area contributed by atoms with Crippen LogP contribution in [0.25, 0.3) is 0 Å². The van der Waals surface area contributed by atoms with E-state index in [2.05, 4.69) is 0 Å². The van der Waals surface area contributed by atoms with Gasteiger partial charge in [-0.1, -0.05) is 30.3 Å². The van der Waals surface area contributed by atoms with Crippen LogP contribution >= 0.6 is 0 Å². The molecule has 0 aliphatic carbocycles. The normalized spacial score (nSPS) is 16.9. The summed E-state index contributed by atoms with van der Waals surface area (Å²) < 4.78 is 35.1. The maximum atomic E-state index is 12.9. The fourth-order valence-electron chi connectivity index (χ4n) is 3.81. The predicted octanol–water partition coefficient (Wildman–Crippen LogP) is 3.68. The summed E-state index contributed by atoms with van der Waals surface area (Å²) >= 11 is 0. The van der Waals surface area contributed by atoms with Gasteiger partial charge in [-0.15, -0.1) is 0 Å². The largest absolute Gasteiger partial charge is 0.465 e. The quantitative estimate of drug-likeness (QED) is 0.624. The van der Waals surface area contributed by atoms with Gasteiger partial charge in [-0.3, -0.25) is 4.90 Å². The van der Waals surface area contributed by atoms with E-state index >= 15 is 0 Å². The number of rotatable bonds is 4. The van der Waals surface area contributed by atoms with Gasteiger partial charge in [-0.25, -0.2) is 18.0 Å². The standard InChI is InChI=1S/C24H30N2O6S/c1-24(2,3)32-23(28)26-14-13-25(16-20(26)17-9-7-6-8-10-17)18-11-12-19(22(27)31-4)21(15-18)33(5,29)30/h6-12,15,20H,13-14,16H2,1-5H3/t20-/m1/s1. The second kappa shape index (κ2) is 9.43. The number of esters is 1. The molecule has 0 radical (unpaired) electrons. The van der Waals surface area contributed by atoms with Crippen molar-refractivity contribution in [1.29, 1.82) is 0 Å². The number of piperazine rings is 1. The Morgan fingerprint density at radius 1 is 1.03 bits per heavy atom. The summed E-state index contributed by atoms with van der Waals surface area (Å²) in [7, 11) is -2.46. The molecule has 2 aromatic rings. The summed E-state index contributed by atoms with van der Waals surface area (Å²) in [6.45, 7) is 6.78. The van der Waals surface area contributed by atoms with Gasteiger partial charge in [-0.2, -0.15) is 0 Å². The fraction of sp³-hybridized carbons (Fsp3) is 0.417. The van der Waals surface area contributed by atoms with Crippen LogP contribution in [0.4, 0.5) is 10.5 Å². The highest BCUT2D eigenvalue weighted by atomic mass is 32.2. The molecule has 1 atom stereocenters. The number of amides is 1. The summed E-state index contributed by atoms with van der Waals surface area (Å²) in [5.74, 6) is -0.709. The third-order valence-electron chi connectivity index (χ3n) is 5.33. The van der Waals surface area contributed by atoms with Crippen LogP contribution in [0.15, 0.2) is 53.4 Å². The van der Waals surface area contributed by atoms with Gasteiger partial charge in [0.1, 0.15) is 5.60 Å².